The van der Waals surface area contributed by atoms with Gasteiger partial charge in [-0.2, -0.15) is 0 Å². The number of nitrogens with one attached hydrogen (secondary N) is 2. The van der Waals surface area contributed by atoms with Crippen LogP contribution in [0.5, 0.6) is 0 Å². The second kappa shape index (κ2) is 5.50. The van der Waals surface area contributed by atoms with Gasteiger partial charge in [-0.3, -0.25) is 10.1 Å². The highest BCUT2D eigenvalue weighted by atomic mass is 32.1. The van der Waals surface area contributed by atoms with Crippen LogP contribution in [0.15, 0.2) is 22.8 Å². The van der Waals surface area contributed by atoms with Crippen LogP contribution in [0.4, 0.5) is 5.13 Å². The second-order valence-corrected chi connectivity index (χ2v) is 5.36. The first-order valence-electron chi connectivity index (χ1n) is 6.24. The van der Waals surface area contributed by atoms with Crippen molar-refractivity contribution in [3.63, 3.8) is 0 Å². The van der Waals surface area contributed by atoms with Gasteiger partial charge in [-0.25, -0.2) is 0 Å². The Morgan fingerprint density at radius 1 is 1.47 bits per heavy atom. The van der Waals surface area contributed by atoms with Crippen LogP contribution in [0, 0.1) is 0 Å². The fourth-order valence-corrected chi connectivity index (χ4v) is 2.76. The number of aromatic nitrogens is 2. The van der Waals surface area contributed by atoms with E-state index in [-0.39, 0.29) is 11.9 Å². The molecule has 0 aromatic carbocycles. The molecule has 1 aliphatic heterocycles. The molecule has 6 nitrogen and oxygen atoms in total. The zero-order valence-electron chi connectivity index (χ0n) is 10.3. The smallest absolute Gasteiger partial charge is 0.243 e. The Morgan fingerprint density at radius 2 is 2.42 bits per heavy atom. The molecular formula is C12H14N4O2S. The molecule has 3 heterocycles. The van der Waals surface area contributed by atoms with Crippen molar-refractivity contribution in [3.05, 3.63) is 18.4 Å². The molecule has 1 fully saturated rings. The van der Waals surface area contributed by atoms with Gasteiger partial charge >= 0.3 is 0 Å². The van der Waals surface area contributed by atoms with E-state index in [0.29, 0.717) is 15.9 Å². The van der Waals surface area contributed by atoms with E-state index in [4.69, 9.17) is 4.42 Å². The molecule has 1 unspecified atom stereocenters. The summed E-state index contributed by atoms with van der Waals surface area (Å²) in [4.78, 5) is 12.0. The molecule has 0 radical (unpaired) electrons. The number of hydrogen-bond acceptors (Lipinski definition) is 6. The van der Waals surface area contributed by atoms with Crippen molar-refractivity contribution >= 4 is 22.4 Å². The fraction of sp³-hybridized carbons (Fsp3) is 0.417. The zero-order chi connectivity index (χ0) is 13.1. The van der Waals surface area contributed by atoms with Crippen LogP contribution in [0.1, 0.15) is 19.3 Å². The van der Waals surface area contributed by atoms with E-state index in [9.17, 15) is 4.79 Å². The summed E-state index contributed by atoms with van der Waals surface area (Å²) in [6, 6.07) is 3.49. The molecule has 2 N–H and O–H groups in total. The average Bonchev–Trinajstić information content (AvgIpc) is 3.10. The third-order valence-electron chi connectivity index (χ3n) is 3.01. The lowest BCUT2D eigenvalue weighted by Gasteiger charge is -2.21. The molecule has 1 amide bonds. The number of hydrogen-bond donors (Lipinski definition) is 2. The van der Waals surface area contributed by atoms with Crippen LogP contribution in [0.3, 0.4) is 0 Å². The van der Waals surface area contributed by atoms with Crippen molar-refractivity contribution < 1.29 is 9.21 Å². The molecule has 3 rings (SSSR count). The van der Waals surface area contributed by atoms with Crippen molar-refractivity contribution in [2.24, 2.45) is 0 Å². The standard InChI is InChI=1S/C12H14N4O2S/c17-10(8-4-1-2-6-13-8)14-12-16-15-11(19-12)9-5-3-7-18-9/h3,5,7-8,13H,1-2,4,6H2,(H,14,16,17). The van der Waals surface area contributed by atoms with Gasteiger partial charge in [0, 0.05) is 0 Å². The van der Waals surface area contributed by atoms with Crippen molar-refractivity contribution in [3.8, 4) is 10.8 Å². The van der Waals surface area contributed by atoms with E-state index in [1.54, 1.807) is 12.3 Å². The first kappa shape index (κ1) is 12.3. The summed E-state index contributed by atoms with van der Waals surface area (Å²) in [5.41, 5.74) is 0. The SMILES string of the molecule is O=C(Nc1nnc(-c2ccco2)s1)C1CCCCN1. The molecule has 0 spiro atoms. The number of carbonyl (C=O) groups excluding carboxylic acids is 1. The molecule has 1 saturated heterocycles. The van der Waals surface area contributed by atoms with Crippen LogP contribution in [0.2, 0.25) is 0 Å². The van der Waals surface area contributed by atoms with Gasteiger partial charge < -0.3 is 9.73 Å². The molecule has 2 aromatic heterocycles. The predicted octanol–water partition coefficient (Wildman–Crippen LogP) is 1.88. The maximum atomic E-state index is 12.0. The Kier molecular flexibility index (Phi) is 3.56. The molecule has 0 aliphatic carbocycles. The Hall–Kier alpha value is -1.73. The van der Waals surface area contributed by atoms with Crippen molar-refractivity contribution in [2.75, 3.05) is 11.9 Å². The van der Waals surface area contributed by atoms with Gasteiger partial charge in [0.05, 0.1) is 12.3 Å². The van der Waals surface area contributed by atoms with E-state index in [1.807, 2.05) is 6.07 Å². The Morgan fingerprint density at radius 3 is 3.16 bits per heavy atom. The van der Waals surface area contributed by atoms with Gasteiger partial charge in [0.25, 0.3) is 0 Å². The van der Waals surface area contributed by atoms with Crippen LogP contribution < -0.4 is 10.6 Å². The summed E-state index contributed by atoms with van der Waals surface area (Å²) in [6.07, 6.45) is 4.67. The summed E-state index contributed by atoms with van der Waals surface area (Å²) in [5.74, 6) is 0.621. The molecule has 0 saturated carbocycles. The van der Waals surface area contributed by atoms with Crippen LogP contribution >= 0.6 is 11.3 Å². The minimum absolute atomic E-state index is 0.0400. The third-order valence-corrected chi connectivity index (χ3v) is 3.87. The Balaban J connectivity index is 1.65. The maximum Gasteiger partial charge on any atom is 0.243 e. The minimum atomic E-state index is -0.121. The largest absolute Gasteiger partial charge is 0.462 e. The van der Waals surface area contributed by atoms with Gasteiger partial charge in [-0.15, -0.1) is 10.2 Å². The van der Waals surface area contributed by atoms with E-state index >= 15 is 0 Å². The van der Waals surface area contributed by atoms with Crippen molar-refractivity contribution in [1.29, 1.82) is 0 Å². The number of piperidine rings is 1. The highest BCUT2D eigenvalue weighted by Crippen LogP contribution is 2.26. The van der Waals surface area contributed by atoms with E-state index in [2.05, 4.69) is 20.8 Å². The van der Waals surface area contributed by atoms with Gasteiger partial charge in [0.15, 0.2) is 10.8 Å². The summed E-state index contributed by atoms with van der Waals surface area (Å²) < 4.78 is 5.24. The molecule has 0 bridgehead atoms. The topological polar surface area (TPSA) is 80.1 Å². The predicted molar refractivity (Wildman–Crippen MR) is 71.9 cm³/mol. The summed E-state index contributed by atoms with van der Waals surface area (Å²) in [6.45, 7) is 0.895. The van der Waals surface area contributed by atoms with Gasteiger partial charge in [-0.1, -0.05) is 17.8 Å². The molecule has 7 heteroatoms. The van der Waals surface area contributed by atoms with Gasteiger partial charge in [-0.05, 0) is 31.5 Å². The van der Waals surface area contributed by atoms with Crippen molar-refractivity contribution in [1.82, 2.24) is 15.5 Å². The molecule has 1 aliphatic rings. The molecule has 2 aromatic rings. The molecule has 100 valence electrons. The van der Waals surface area contributed by atoms with E-state index in [1.165, 1.54) is 11.3 Å². The van der Waals surface area contributed by atoms with Crippen LogP contribution in [-0.4, -0.2) is 28.7 Å². The van der Waals surface area contributed by atoms with Crippen LogP contribution in [0.25, 0.3) is 10.8 Å². The first-order valence-corrected chi connectivity index (χ1v) is 7.06. The summed E-state index contributed by atoms with van der Waals surface area (Å²) in [7, 11) is 0. The minimum Gasteiger partial charge on any atom is -0.462 e. The number of anilines is 1. The highest BCUT2D eigenvalue weighted by molar-refractivity contribution is 7.18. The molecule has 1 atom stereocenters. The Labute approximate surface area is 114 Å². The Bertz CT molecular complexity index is 546. The maximum absolute atomic E-state index is 12.0. The fourth-order valence-electron chi connectivity index (χ4n) is 2.04. The summed E-state index contributed by atoms with van der Waals surface area (Å²) in [5, 5.41) is 15.1. The number of carbonyl (C=O) groups is 1. The lowest BCUT2D eigenvalue weighted by atomic mass is 10.0. The lowest BCUT2D eigenvalue weighted by Crippen LogP contribution is -2.43. The number of nitrogens with zero attached hydrogens (tertiary/aromatic N) is 2. The van der Waals surface area contributed by atoms with Crippen molar-refractivity contribution in [2.45, 2.75) is 25.3 Å². The average molecular weight is 278 g/mol. The first-order chi connectivity index (χ1) is 9.33. The van der Waals surface area contributed by atoms with Gasteiger partial charge in [0.2, 0.25) is 11.0 Å². The van der Waals surface area contributed by atoms with E-state index in [0.717, 1.165) is 25.8 Å². The van der Waals surface area contributed by atoms with Crippen LogP contribution in [-0.2, 0) is 4.79 Å². The number of amides is 1. The third kappa shape index (κ3) is 2.82. The zero-order valence-corrected chi connectivity index (χ0v) is 11.1. The monoisotopic (exact) mass is 278 g/mol. The highest BCUT2D eigenvalue weighted by Gasteiger charge is 2.21. The second-order valence-electron chi connectivity index (χ2n) is 4.38. The lowest BCUT2D eigenvalue weighted by molar-refractivity contribution is -0.118. The van der Waals surface area contributed by atoms with Gasteiger partial charge in [0.1, 0.15) is 0 Å². The number of furan rings is 1. The quantitative estimate of drug-likeness (QED) is 0.896. The summed E-state index contributed by atoms with van der Waals surface area (Å²) >= 11 is 1.31. The number of rotatable bonds is 3. The normalized spacial score (nSPS) is 19.3. The molecular weight excluding hydrogens is 264 g/mol. The van der Waals surface area contributed by atoms with E-state index < -0.39 is 0 Å². The molecule has 19 heavy (non-hydrogen) atoms.